The van der Waals surface area contributed by atoms with E-state index in [1.54, 1.807) is 18.6 Å². The number of hydrogen-bond acceptors (Lipinski definition) is 7. The van der Waals surface area contributed by atoms with Crippen LogP contribution in [0, 0.1) is 11.3 Å². The van der Waals surface area contributed by atoms with E-state index < -0.39 is 0 Å². The second kappa shape index (κ2) is 8.89. The molecule has 1 saturated heterocycles. The molecule has 8 nitrogen and oxygen atoms in total. The molecule has 1 aliphatic heterocycles. The number of nitriles is 1. The first-order valence-corrected chi connectivity index (χ1v) is 11.0. The zero-order chi connectivity index (χ0) is 21.9. The molecule has 32 heavy (non-hydrogen) atoms. The van der Waals surface area contributed by atoms with Crippen molar-refractivity contribution in [3.8, 4) is 17.5 Å². The van der Waals surface area contributed by atoms with Crippen LogP contribution in [0.15, 0.2) is 45.6 Å². The van der Waals surface area contributed by atoms with Crippen LogP contribution >= 0.6 is 0 Å². The van der Waals surface area contributed by atoms with Crippen LogP contribution in [0.4, 0.5) is 5.82 Å². The van der Waals surface area contributed by atoms with E-state index in [2.05, 4.69) is 21.2 Å². The summed E-state index contributed by atoms with van der Waals surface area (Å²) < 4.78 is 10.9. The predicted molar refractivity (Wildman–Crippen MR) is 118 cm³/mol. The third-order valence-electron chi connectivity index (χ3n) is 6.19. The van der Waals surface area contributed by atoms with Crippen LogP contribution in [0.2, 0.25) is 0 Å². The highest BCUT2D eigenvalue weighted by atomic mass is 16.3. The summed E-state index contributed by atoms with van der Waals surface area (Å²) in [4.78, 5) is 21.5. The first kappa shape index (κ1) is 20.3. The summed E-state index contributed by atoms with van der Waals surface area (Å²) in [6.45, 7) is 3.62. The normalized spacial score (nSPS) is 16.0. The van der Waals surface area contributed by atoms with Crippen molar-refractivity contribution in [3.63, 3.8) is 0 Å². The van der Waals surface area contributed by atoms with Gasteiger partial charge in [0.05, 0.1) is 31.2 Å². The monoisotopic (exact) mass is 431 g/mol. The number of pyridine rings is 1. The number of piperazine rings is 1. The van der Waals surface area contributed by atoms with Gasteiger partial charge in [-0.15, -0.1) is 0 Å². The Morgan fingerprint density at radius 3 is 2.59 bits per heavy atom. The largest absolute Gasteiger partial charge is 0.467 e. The number of nitrogens with zero attached hydrogens (tertiary/aromatic N) is 4. The molecule has 1 amide bonds. The third kappa shape index (κ3) is 3.99. The fourth-order valence-electron chi connectivity index (χ4n) is 4.58. The minimum Gasteiger partial charge on any atom is -0.467 e. The molecule has 3 aromatic rings. The van der Waals surface area contributed by atoms with Gasteiger partial charge in [0.1, 0.15) is 23.3 Å². The number of amides is 1. The lowest BCUT2D eigenvalue weighted by molar-refractivity contribution is -0.122. The van der Waals surface area contributed by atoms with Crippen LogP contribution in [0.3, 0.4) is 0 Å². The fraction of sp³-hybridized carbons (Fsp3) is 0.375. The van der Waals surface area contributed by atoms with Crippen molar-refractivity contribution in [1.82, 2.24) is 15.2 Å². The van der Waals surface area contributed by atoms with E-state index >= 15 is 0 Å². The summed E-state index contributed by atoms with van der Waals surface area (Å²) in [6.07, 6.45) is 6.11. The predicted octanol–water partition coefficient (Wildman–Crippen LogP) is 2.73. The Morgan fingerprint density at radius 1 is 1.09 bits per heavy atom. The lowest BCUT2D eigenvalue weighted by atomic mass is 10.0. The number of anilines is 1. The van der Waals surface area contributed by atoms with Crippen molar-refractivity contribution in [2.45, 2.75) is 25.8 Å². The number of carbonyl (C=O) groups excluding carboxylic acids is 1. The maximum atomic E-state index is 12.3. The zero-order valence-corrected chi connectivity index (χ0v) is 17.8. The van der Waals surface area contributed by atoms with Crippen molar-refractivity contribution >= 4 is 11.7 Å². The average molecular weight is 431 g/mol. The van der Waals surface area contributed by atoms with Gasteiger partial charge in [-0.05, 0) is 54.7 Å². The van der Waals surface area contributed by atoms with Crippen LogP contribution in [-0.2, 0) is 24.2 Å². The van der Waals surface area contributed by atoms with E-state index in [1.807, 2.05) is 18.2 Å². The molecule has 5 rings (SSSR count). The number of carbonyl (C=O) groups is 1. The van der Waals surface area contributed by atoms with Crippen molar-refractivity contribution in [3.05, 3.63) is 59.2 Å². The van der Waals surface area contributed by atoms with E-state index in [-0.39, 0.29) is 5.91 Å². The molecule has 164 valence electrons. The maximum absolute atomic E-state index is 12.3. The highest BCUT2D eigenvalue weighted by Gasteiger charge is 2.29. The Balaban J connectivity index is 1.28. The smallest absolute Gasteiger partial charge is 0.234 e. The van der Waals surface area contributed by atoms with Crippen LogP contribution in [0.25, 0.3) is 11.5 Å². The Morgan fingerprint density at radius 2 is 1.88 bits per heavy atom. The molecule has 3 aromatic heterocycles. The second-order valence-corrected chi connectivity index (χ2v) is 8.18. The Labute approximate surface area is 186 Å². The summed E-state index contributed by atoms with van der Waals surface area (Å²) in [7, 11) is 0. The van der Waals surface area contributed by atoms with Gasteiger partial charge in [-0.3, -0.25) is 9.69 Å². The lowest BCUT2D eigenvalue weighted by Crippen LogP contribution is -2.50. The molecule has 2 aliphatic rings. The number of aromatic nitrogens is 1. The summed E-state index contributed by atoms with van der Waals surface area (Å²) in [5, 5.41) is 12.8. The van der Waals surface area contributed by atoms with E-state index in [0.29, 0.717) is 31.7 Å². The number of nitrogens with one attached hydrogen (secondary N) is 1. The molecule has 1 N–H and O–H groups in total. The van der Waals surface area contributed by atoms with Gasteiger partial charge >= 0.3 is 0 Å². The maximum Gasteiger partial charge on any atom is 0.234 e. The van der Waals surface area contributed by atoms with Gasteiger partial charge in [0.2, 0.25) is 5.91 Å². The molecule has 0 atom stereocenters. The van der Waals surface area contributed by atoms with Gasteiger partial charge in [-0.1, -0.05) is 0 Å². The van der Waals surface area contributed by atoms with Gasteiger partial charge < -0.3 is 19.1 Å². The zero-order valence-electron chi connectivity index (χ0n) is 17.8. The Hall–Kier alpha value is -3.57. The van der Waals surface area contributed by atoms with E-state index in [0.717, 1.165) is 66.5 Å². The van der Waals surface area contributed by atoms with E-state index in [4.69, 9.17) is 13.8 Å². The molecule has 4 heterocycles. The molecule has 0 unspecified atom stereocenters. The molecular weight excluding hydrogens is 406 g/mol. The standard InChI is InChI=1S/C24H25N5O3/c25-14-20-18-5-1-6-19(18)23(21-7-3-13-32-21)27-24(20)29-10-8-28(9-11-29)16-22(30)26-15-17-4-2-12-31-17/h2-4,7,12-13H,1,5-6,8-11,15-16H2,(H,26,30). The van der Waals surface area contributed by atoms with Crippen molar-refractivity contribution in [1.29, 1.82) is 5.26 Å². The number of hydrogen-bond donors (Lipinski definition) is 1. The van der Waals surface area contributed by atoms with Crippen LogP contribution < -0.4 is 10.2 Å². The van der Waals surface area contributed by atoms with Gasteiger partial charge in [0.15, 0.2) is 5.76 Å². The quantitative estimate of drug-likeness (QED) is 0.641. The van der Waals surface area contributed by atoms with Gasteiger partial charge in [0, 0.05) is 26.2 Å². The van der Waals surface area contributed by atoms with Crippen LogP contribution in [0.1, 0.15) is 28.9 Å². The van der Waals surface area contributed by atoms with Gasteiger partial charge in [-0.25, -0.2) is 4.98 Å². The first-order chi connectivity index (χ1) is 15.7. The molecule has 1 aliphatic carbocycles. The van der Waals surface area contributed by atoms with Gasteiger partial charge in [0.25, 0.3) is 0 Å². The van der Waals surface area contributed by atoms with Crippen molar-refractivity contribution in [2.24, 2.45) is 0 Å². The molecule has 0 aromatic carbocycles. The highest BCUT2D eigenvalue weighted by Crippen LogP contribution is 2.37. The van der Waals surface area contributed by atoms with Crippen molar-refractivity contribution < 1.29 is 13.6 Å². The summed E-state index contributed by atoms with van der Waals surface area (Å²) in [6, 6.07) is 9.86. The summed E-state index contributed by atoms with van der Waals surface area (Å²) >= 11 is 0. The van der Waals surface area contributed by atoms with Crippen LogP contribution in [0.5, 0.6) is 0 Å². The number of rotatable bonds is 6. The molecule has 0 saturated carbocycles. The van der Waals surface area contributed by atoms with Crippen LogP contribution in [-0.4, -0.2) is 48.5 Å². The Kier molecular flexibility index (Phi) is 5.65. The molecule has 0 radical (unpaired) electrons. The molecular formula is C24H25N5O3. The highest BCUT2D eigenvalue weighted by molar-refractivity contribution is 5.78. The summed E-state index contributed by atoms with van der Waals surface area (Å²) in [5.41, 5.74) is 3.81. The molecule has 0 bridgehead atoms. The lowest BCUT2D eigenvalue weighted by Gasteiger charge is -2.35. The SMILES string of the molecule is N#Cc1c(N2CCN(CC(=O)NCc3ccco3)CC2)nc(-c2ccco2)c2c1CCC2. The number of fused-ring (bicyclic) bond motifs is 1. The van der Waals surface area contributed by atoms with Crippen molar-refractivity contribution in [2.75, 3.05) is 37.6 Å². The van der Waals surface area contributed by atoms with E-state index in [9.17, 15) is 10.1 Å². The minimum absolute atomic E-state index is 0.0247. The Bertz CT molecular complexity index is 1120. The minimum atomic E-state index is -0.0247. The second-order valence-electron chi connectivity index (χ2n) is 8.18. The third-order valence-corrected chi connectivity index (χ3v) is 6.19. The van der Waals surface area contributed by atoms with E-state index in [1.165, 1.54) is 0 Å². The topological polar surface area (TPSA) is 98.5 Å². The molecule has 0 spiro atoms. The molecule has 1 fully saturated rings. The number of furan rings is 2. The van der Waals surface area contributed by atoms with Gasteiger partial charge in [-0.2, -0.15) is 5.26 Å². The fourth-order valence-corrected chi connectivity index (χ4v) is 4.58. The summed E-state index contributed by atoms with van der Waals surface area (Å²) in [5.74, 6) is 2.20. The average Bonchev–Trinajstić information content (AvgIpc) is 3.60. The first-order valence-electron chi connectivity index (χ1n) is 11.0. The molecule has 8 heteroatoms.